The number of piperazine rings is 1. The molecule has 1 aliphatic heterocycles. The van der Waals surface area contributed by atoms with Gasteiger partial charge < -0.3 is 4.90 Å². The van der Waals surface area contributed by atoms with Crippen LogP contribution < -0.4 is 4.90 Å². The molecule has 0 atom stereocenters. The fourth-order valence-electron chi connectivity index (χ4n) is 4.32. The van der Waals surface area contributed by atoms with Gasteiger partial charge in [-0.05, 0) is 25.0 Å². The molecule has 0 saturated carbocycles. The first-order chi connectivity index (χ1) is 14.7. The van der Waals surface area contributed by atoms with Gasteiger partial charge in [-0.15, -0.1) is 0 Å². The van der Waals surface area contributed by atoms with E-state index in [4.69, 9.17) is 10.1 Å². The lowest BCUT2D eigenvalue weighted by Gasteiger charge is -2.36. The Morgan fingerprint density at radius 1 is 0.833 bits per heavy atom. The first-order valence-electron chi connectivity index (χ1n) is 10.6. The lowest BCUT2D eigenvalue weighted by atomic mass is 10.1. The molecule has 0 N–H and O–H groups in total. The third-order valence-electron chi connectivity index (χ3n) is 6.10. The lowest BCUT2D eigenvalue weighted by Crippen LogP contribution is -2.47. The second-order valence-electron chi connectivity index (χ2n) is 8.05. The van der Waals surface area contributed by atoms with Crippen molar-refractivity contribution < 1.29 is 0 Å². The zero-order chi connectivity index (χ0) is 20.5. The fourth-order valence-corrected chi connectivity index (χ4v) is 4.32. The largest absolute Gasteiger partial charge is 0.354 e. The van der Waals surface area contributed by atoms with Crippen LogP contribution in [0.2, 0.25) is 0 Å². The Morgan fingerprint density at radius 2 is 1.50 bits per heavy atom. The number of hydrogen-bond donors (Lipinski definition) is 0. The average Bonchev–Trinajstić information content (AvgIpc) is 3.20. The van der Waals surface area contributed by atoms with E-state index < -0.39 is 0 Å². The Bertz CT molecular complexity index is 1140. The zero-order valence-electron chi connectivity index (χ0n) is 17.6. The fraction of sp³-hybridized carbons (Fsp3) is 0.280. The minimum absolute atomic E-state index is 0.936. The second kappa shape index (κ2) is 7.92. The van der Waals surface area contributed by atoms with Crippen molar-refractivity contribution >= 4 is 11.5 Å². The van der Waals surface area contributed by atoms with Crippen LogP contribution in [0.15, 0.2) is 66.9 Å². The molecule has 5 nitrogen and oxygen atoms in total. The summed E-state index contributed by atoms with van der Waals surface area (Å²) in [6.45, 7) is 9.36. The van der Waals surface area contributed by atoms with Crippen LogP contribution in [0.25, 0.3) is 16.8 Å². The third-order valence-corrected chi connectivity index (χ3v) is 6.10. The third kappa shape index (κ3) is 3.46. The van der Waals surface area contributed by atoms with Gasteiger partial charge in [0.15, 0.2) is 5.65 Å². The highest BCUT2D eigenvalue weighted by molar-refractivity contribution is 5.78. The summed E-state index contributed by atoms with van der Waals surface area (Å²) in [4.78, 5) is 9.91. The van der Waals surface area contributed by atoms with Crippen LogP contribution in [-0.4, -0.2) is 45.7 Å². The maximum Gasteiger partial charge on any atom is 0.165 e. The number of anilines is 1. The summed E-state index contributed by atoms with van der Waals surface area (Å²) in [7, 11) is 0. The molecule has 0 spiro atoms. The number of hydrogen-bond acceptors (Lipinski definition) is 4. The molecule has 0 radical (unpaired) electrons. The van der Waals surface area contributed by atoms with Crippen LogP contribution in [0.1, 0.15) is 16.8 Å². The smallest absolute Gasteiger partial charge is 0.165 e. The summed E-state index contributed by atoms with van der Waals surface area (Å²) in [5.41, 5.74) is 6.84. The molecule has 2 aromatic carbocycles. The van der Waals surface area contributed by atoms with Crippen molar-refractivity contribution in [2.24, 2.45) is 0 Å². The summed E-state index contributed by atoms with van der Waals surface area (Å²) in [6, 6.07) is 21.1. The van der Waals surface area contributed by atoms with Crippen molar-refractivity contribution in [3.05, 3.63) is 83.7 Å². The monoisotopic (exact) mass is 397 g/mol. The van der Waals surface area contributed by atoms with Crippen molar-refractivity contribution in [3.63, 3.8) is 0 Å². The standard InChI is InChI=1S/C25H27N5/c1-19-20(2)27-24-23(22-11-7-4-8-12-22)17-26-30(24)25(19)29-15-13-28(14-16-29)18-21-9-5-3-6-10-21/h3-12,17H,13-16,18H2,1-2H3. The molecular formula is C25H27N5. The van der Waals surface area contributed by atoms with Gasteiger partial charge in [-0.25, -0.2) is 4.98 Å². The van der Waals surface area contributed by atoms with Gasteiger partial charge in [0.1, 0.15) is 5.82 Å². The van der Waals surface area contributed by atoms with Gasteiger partial charge >= 0.3 is 0 Å². The molecule has 30 heavy (non-hydrogen) atoms. The summed E-state index contributed by atoms with van der Waals surface area (Å²) in [5, 5.41) is 4.76. The van der Waals surface area contributed by atoms with E-state index in [9.17, 15) is 0 Å². The van der Waals surface area contributed by atoms with Crippen molar-refractivity contribution in [1.82, 2.24) is 19.5 Å². The van der Waals surface area contributed by atoms with Crippen LogP contribution >= 0.6 is 0 Å². The zero-order valence-corrected chi connectivity index (χ0v) is 17.6. The lowest BCUT2D eigenvalue weighted by molar-refractivity contribution is 0.249. The SMILES string of the molecule is Cc1nc2c(-c3ccccc3)cnn2c(N2CCN(Cc3ccccc3)CC2)c1C. The summed E-state index contributed by atoms with van der Waals surface area (Å²) < 4.78 is 2.04. The van der Waals surface area contributed by atoms with Crippen molar-refractivity contribution in [1.29, 1.82) is 0 Å². The Labute approximate surface area is 177 Å². The number of benzene rings is 2. The molecular weight excluding hydrogens is 370 g/mol. The maximum absolute atomic E-state index is 4.90. The van der Waals surface area contributed by atoms with Crippen LogP contribution in [-0.2, 0) is 6.54 Å². The number of aromatic nitrogens is 3. The molecule has 2 aromatic heterocycles. The average molecular weight is 398 g/mol. The molecule has 4 aromatic rings. The molecule has 5 heteroatoms. The van der Waals surface area contributed by atoms with Crippen molar-refractivity contribution in [3.8, 4) is 11.1 Å². The molecule has 0 bridgehead atoms. The summed E-state index contributed by atoms with van der Waals surface area (Å²) in [6.07, 6.45) is 1.95. The summed E-state index contributed by atoms with van der Waals surface area (Å²) >= 11 is 0. The molecule has 3 heterocycles. The first kappa shape index (κ1) is 18.8. The van der Waals surface area contributed by atoms with Crippen LogP contribution in [0.5, 0.6) is 0 Å². The number of aryl methyl sites for hydroxylation is 1. The molecule has 5 rings (SSSR count). The highest BCUT2D eigenvalue weighted by atomic mass is 15.4. The van der Waals surface area contributed by atoms with E-state index in [1.165, 1.54) is 16.9 Å². The normalized spacial score (nSPS) is 15.1. The quantitative estimate of drug-likeness (QED) is 0.513. The van der Waals surface area contributed by atoms with E-state index in [1.54, 1.807) is 0 Å². The van der Waals surface area contributed by atoms with Gasteiger partial charge in [0.2, 0.25) is 0 Å². The number of nitrogens with zero attached hydrogens (tertiary/aromatic N) is 5. The van der Waals surface area contributed by atoms with E-state index in [0.29, 0.717) is 0 Å². The number of rotatable bonds is 4. The molecule has 0 unspecified atom stereocenters. The van der Waals surface area contributed by atoms with Gasteiger partial charge in [0.25, 0.3) is 0 Å². The Kier molecular flexibility index (Phi) is 4.97. The molecule has 1 fully saturated rings. The number of fused-ring (bicyclic) bond motifs is 1. The topological polar surface area (TPSA) is 36.7 Å². The van der Waals surface area contributed by atoms with Crippen molar-refractivity contribution in [2.75, 3.05) is 31.1 Å². The van der Waals surface area contributed by atoms with Gasteiger partial charge in [-0.3, -0.25) is 4.90 Å². The summed E-state index contributed by atoms with van der Waals surface area (Å²) in [5.74, 6) is 1.18. The van der Waals surface area contributed by atoms with Gasteiger partial charge in [-0.2, -0.15) is 9.61 Å². The minimum atomic E-state index is 0.936. The van der Waals surface area contributed by atoms with Gasteiger partial charge in [-0.1, -0.05) is 60.7 Å². The van der Waals surface area contributed by atoms with Gasteiger partial charge in [0, 0.05) is 49.5 Å². The van der Waals surface area contributed by atoms with E-state index in [2.05, 4.69) is 78.2 Å². The predicted molar refractivity (Wildman–Crippen MR) is 122 cm³/mol. The Morgan fingerprint density at radius 3 is 2.20 bits per heavy atom. The van der Waals surface area contributed by atoms with Gasteiger partial charge in [0.05, 0.1) is 6.20 Å². The molecule has 0 aliphatic carbocycles. The van der Waals surface area contributed by atoms with Crippen LogP contribution in [0, 0.1) is 13.8 Å². The Balaban J connectivity index is 1.43. The Hall–Kier alpha value is -3.18. The maximum atomic E-state index is 4.90. The van der Waals surface area contributed by atoms with Crippen LogP contribution in [0.3, 0.4) is 0 Å². The molecule has 1 aliphatic rings. The highest BCUT2D eigenvalue weighted by Crippen LogP contribution is 2.30. The second-order valence-corrected chi connectivity index (χ2v) is 8.05. The molecule has 0 amide bonds. The van der Waals surface area contributed by atoms with E-state index in [1.807, 2.05) is 16.8 Å². The molecule has 152 valence electrons. The predicted octanol–water partition coefficient (Wildman–Crippen LogP) is 4.34. The highest BCUT2D eigenvalue weighted by Gasteiger charge is 2.23. The van der Waals surface area contributed by atoms with Crippen LogP contribution in [0.4, 0.5) is 5.82 Å². The first-order valence-corrected chi connectivity index (χ1v) is 10.6. The van der Waals surface area contributed by atoms with Crippen molar-refractivity contribution in [2.45, 2.75) is 20.4 Å². The van der Waals surface area contributed by atoms with E-state index in [-0.39, 0.29) is 0 Å². The van der Waals surface area contributed by atoms with E-state index >= 15 is 0 Å². The van der Waals surface area contributed by atoms with E-state index in [0.717, 1.165) is 55.2 Å². The minimum Gasteiger partial charge on any atom is -0.354 e. The molecule has 1 saturated heterocycles.